The smallest absolute Gasteiger partial charge is 0.411 e. The Morgan fingerprint density at radius 2 is 1.28 bits per heavy atom. The van der Waals surface area contributed by atoms with Crippen LogP contribution in [0.4, 0.5) is 0 Å². The van der Waals surface area contributed by atoms with Gasteiger partial charge in [0.2, 0.25) is 0 Å². The molecule has 0 aromatic carbocycles. The number of hydrogen-bond acceptors (Lipinski definition) is 6. The molecule has 0 aliphatic rings. The molecule has 4 unspecified atom stereocenters. The molecule has 0 radical (unpaired) electrons. The topological polar surface area (TPSA) is 62.2 Å². The van der Waals surface area contributed by atoms with E-state index in [9.17, 15) is 10.2 Å². The van der Waals surface area contributed by atoms with Crippen molar-refractivity contribution in [1.29, 1.82) is 0 Å². The number of thiocarbonyl (C=S) groups is 1. The van der Waals surface area contributed by atoms with E-state index in [0.717, 1.165) is 12.8 Å². The molecule has 25 heavy (non-hydrogen) atoms. The first-order valence-electron chi connectivity index (χ1n) is 8.77. The van der Waals surface area contributed by atoms with E-state index in [4.69, 9.17) is 34.3 Å². The molecule has 0 heterocycles. The molecule has 5 nitrogen and oxygen atoms in total. The van der Waals surface area contributed by atoms with E-state index < -0.39 is 12.2 Å². The average molecular weight is 404 g/mol. The first kappa shape index (κ1) is 28.2. The summed E-state index contributed by atoms with van der Waals surface area (Å²) in [6, 6.07) is 0. The quantitative estimate of drug-likeness (QED) is 0.219. The van der Waals surface area contributed by atoms with E-state index in [2.05, 4.69) is 27.7 Å². The van der Waals surface area contributed by atoms with Crippen molar-refractivity contribution in [3.05, 3.63) is 0 Å². The zero-order valence-corrected chi connectivity index (χ0v) is 20.1. The van der Waals surface area contributed by atoms with Crippen LogP contribution in [0.1, 0.15) is 40.5 Å². The van der Waals surface area contributed by atoms with Crippen molar-refractivity contribution < 1.29 is 49.2 Å². The van der Waals surface area contributed by atoms with Gasteiger partial charge in [0.1, 0.15) is 0 Å². The maximum Gasteiger partial charge on any atom is 1.00 e. The van der Waals surface area contributed by atoms with E-state index in [0.29, 0.717) is 25.0 Å². The Balaban J connectivity index is 0. The van der Waals surface area contributed by atoms with Gasteiger partial charge >= 0.3 is 29.6 Å². The first-order valence-corrected chi connectivity index (χ1v) is 9.59. The number of ether oxygens (including phenoxy) is 2. The summed E-state index contributed by atoms with van der Waals surface area (Å²) in [5.41, 5.74) is 0. The molecule has 0 bridgehead atoms. The van der Waals surface area contributed by atoms with Gasteiger partial charge < -0.3 is 49.4 Å². The van der Waals surface area contributed by atoms with Gasteiger partial charge in [0.25, 0.3) is 0 Å². The second-order valence-corrected chi connectivity index (χ2v) is 7.61. The first-order chi connectivity index (χ1) is 11.3. The van der Waals surface area contributed by atoms with Crippen molar-refractivity contribution >= 4 is 29.2 Å². The minimum atomic E-state index is -0.691. The van der Waals surface area contributed by atoms with Gasteiger partial charge in [-0.1, -0.05) is 44.9 Å². The Labute approximate surface area is 186 Å². The molecule has 0 saturated carbocycles. The number of aliphatic hydroxyl groups is 2. The minimum absolute atomic E-state index is 0. The van der Waals surface area contributed by atoms with Crippen molar-refractivity contribution in [3.8, 4) is 0 Å². The Bertz CT molecular complexity index is 316. The van der Waals surface area contributed by atoms with Gasteiger partial charge in [-0.3, -0.25) is 0 Å². The molecule has 0 saturated heterocycles. The van der Waals surface area contributed by atoms with Gasteiger partial charge in [0.15, 0.2) is 0 Å². The summed E-state index contributed by atoms with van der Waals surface area (Å²) in [6.07, 6.45) is 0.703. The monoisotopic (exact) mass is 403 g/mol. The second-order valence-electron chi connectivity index (χ2n) is 6.58. The van der Waals surface area contributed by atoms with Crippen molar-refractivity contribution in [1.82, 2.24) is 4.90 Å². The molecular formula is C17H34NNaO4S2. The van der Waals surface area contributed by atoms with E-state index in [-0.39, 0.29) is 60.2 Å². The van der Waals surface area contributed by atoms with Crippen LogP contribution in [0.15, 0.2) is 0 Å². The Kier molecular flexibility index (Phi) is 19.2. The van der Waals surface area contributed by atoms with E-state index in [1.54, 1.807) is 4.90 Å². The fourth-order valence-electron chi connectivity index (χ4n) is 1.88. The molecule has 8 heteroatoms. The van der Waals surface area contributed by atoms with Crippen LogP contribution in [-0.4, -0.2) is 71.2 Å². The molecule has 0 aliphatic heterocycles. The van der Waals surface area contributed by atoms with Crippen molar-refractivity contribution in [3.63, 3.8) is 0 Å². The van der Waals surface area contributed by atoms with E-state index >= 15 is 0 Å². The third kappa shape index (κ3) is 15.7. The third-order valence-corrected chi connectivity index (χ3v) is 4.46. The third-order valence-electron chi connectivity index (χ3n) is 3.94. The van der Waals surface area contributed by atoms with Crippen molar-refractivity contribution in [2.24, 2.45) is 11.8 Å². The Morgan fingerprint density at radius 1 is 0.920 bits per heavy atom. The van der Waals surface area contributed by atoms with Gasteiger partial charge in [-0.2, -0.15) is 0 Å². The molecule has 0 rings (SSSR count). The van der Waals surface area contributed by atoms with Crippen LogP contribution in [0.3, 0.4) is 0 Å². The van der Waals surface area contributed by atoms with Crippen LogP contribution in [0.2, 0.25) is 0 Å². The van der Waals surface area contributed by atoms with Gasteiger partial charge in [-0.15, -0.1) is 0 Å². The molecule has 0 amide bonds. The number of rotatable bonds is 14. The van der Waals surface area contributed by atoms with Crippen LogP contribution in [0, 0.1) is 11.8 Å². The van der Waals surface area contributed by atoms with Crippen molar-refractivity contribution in [2.75, 3.05) is 39.5 Å². The van der Waals surface area contributed by atoms with E-state index in [1.807, 2.05) is 0 Å². The summed E-state index contributed by atoms with van der Waals surface area (Å²) in [7, 11) is 0. The average Bonchev–Trinajstić information content (AvgIpc) is 2.53. The summed E-state index contributed by atoms with van der Waals surface area (Å²) in [5, 5.41) is 20.1. The van der Waals surface area contributed by atoms with Crippen LogP contribution in [0.25, 0.3) is 0 Å². The molecule has 2 N–H and O–H groups in total. The normalized spacial score (nSPS) is 15.8. The van der Waals surface area contributed by atoms with E-state index in [1.165, 1.54) is 0 Å². The summed E-state index contributed by atoms with van der Waals surface area (Å²) in [5.74, 6) is 0.940. The standard InChI is InChI=1S/C17H35NO4S2.Na/c1-5-13(3)9-21-11-15(19)7-18(17(23)24)8-16(20)12-22-10-14(4)6-2;/h13-16,19-20H,5-12H2,1-4H3,(H,23,24);/q;+1/p-1. The number of aliphatic hydroxyl groups excluding tert-OH is 2. The van der Waals surface area contributed by atoms with Crippen LogP contribution < -0.4 is 29.6 Å². The molecule has 0 aliphatic carbocycles. The molecule has 0 fully saturated rings. The predicted molar refractivity (Wildman–Crippen MR) is 104 cm³/mol. The zero-order chi connectivity index (χ0) is 18.5. The van der Waals surface area contributed by atoms with Gasteiger partial charge in [-0.05, 0) is 11.8 Å². The molecular weight excluding hydrogens is 369 g/mol. The number of hydrogen-bond donors (Lipinski definition) is 2. The Hall–Kier alpha value is 0.950. The summed E-state index contributed by atoms with van der Waals surface area (Å²) >= 11 is 10.1. The Morgan fingerprint density at radius 3 is 1.56 bits per heavy atom. The second kappa shape index (κ2) is 17.1. The molecule has 0 aromatic rings. The predicted octanol–water partition coefficient (Wildman–Crippen LogP) is -1.03. The van der Waals surface area contributed by atoms with Crippen LogP contribution >= 0.6 is 12.2 Å². The van der Waals surface area contributed by atoms with Gasteiger partial charge in [-0.25, -0.2) is 0 Å². The fourth-order valence-corrected chi connectivity index (χ4v) is 2.18. The fraction of sp³-hybridized carbons (Fsp3) is 0.941. The maximum absolute atomic E-state index is 10.1. The largest absolute Gasteiger partial charge is 1.00 e. The minimum Gasteiger partial charge on any atom is -0.411 e. The summed E-state index contributed by atoms with van der Waals surface area (Å²) < 4.78 is 11.2. The summed E-state index contributed by atoms with van der Waals surface area (Å²) in [6.45, 7) is 10.6. The zero-order valence-electron chi connectivity index (χ0n) is 16.4. The molecule has 0 spiro atoms. The summed E-state index contributed by atoms with van der Waals surface area (Å²) in [4.78, 5) is 1.62. The van der Waals surface area contributed by atoms with Crippen molar-refractivity contribution in [2.45, 2.75) is 52.7 Å². The maximum atomic E-state index is 10.1. The van der Waals surface area contributed by atoms with Gasteiger partial charge in [0, 0.05) is 26.3 Å². The SMILES string of the molecule is CCC(C)COCC(O)CN(CC(O)COCC(C)CC)C(=S)[S-].[Na+]. The molecule has 4 atom stereocenters. The van der Waals surface area contributed by atoms with Gasteiger partial charge in [0.05, 0.1) is 25.4 Å². The van der Waals surface area contributed by atoms with Crippen LogP contribution in [0.5, 0.6) is 0 Å². The molecule has 0 aromatic heterocycles. The van der Waals surface area contributed by atoms with Crippen LogP contribution in [-0.2, 0) is 22.1 Å². The number of nitrogens with zero attached hydrogens (tertiary/aromatic N) is 1. The molecule has 144 valence electrons.